The fourth-order valence-corrected chi connectivity index (χ4v) is 3.73. The Morgan fingerprint density at radius 1 is 1.33 bits per heavy atom. The first-order valence-corrected chi connectivity index (χ1v) is 10.0. The average Bonchev–Trinajstić information content (AvgIpc) is 3.47. The topological polar surface area (TPSA) is 101 Å². The first-order valence-electron chi connectivity index (χ1n) is 10.0. The highest BCUT2D eigenvalue weighted by Crippen LogP contribution is 2.21. The predicted molar refractivity (Wildman–Crippen MR) is 109 cm³/mol. The second-order valence-electron chi connectivity index (χ2n) is 7.50. The highest BCUT2D eigenvalue weighted by Gasteiger charge is 2.34. The molecule has 1 aliphatic heterocycles. The van der Waals surface area contributed by atoms with E-state index in [1.807, 2.05) is 37.3 Å². The summed E-state index contributed by atoms with van der Waals surface area (Å²) < 4.78 is 10.5. The molecule has 3 heterocycles. The molecule has 0 aromatic carbocycles. The molecule has 30 heavy (non-hydrogen) atoms. The molecule has 0 bridgehead atoms. The third-order valence-electron chi connectivity index (χ3n) is 5.26. The standard InChI is InChI=1S/C22H24N4O4/c1-15-10-18(30-25-15)11-21(27)26-9-3-6-19(26)22(28)24-12-16-4-2-5-17(8-7-16)20-13-23-14-29-20/h2,4-5,7-8,10,13-14,16,19H,3,6,9,11-12H2,1H3,(H,24,28). The Kier molecular flexibility index (Phi) is 5.92. The van der Waals surface area contributed by atoms with Crippen LogP contribution >= 0.6 is 0 Å². The van der Waals surface area contributed by atoms with Crippen LogP contribution in [0.3, 0.4) is 0 Å². The van der Waals surface area contributed by atoms with Gasteiger partial charge in [0.25, 0.3) is 0 Å². The fraction of sp³-hybridized carbons (Fsp3) is 0.364. The van der Waals surface area contributed by atoms with Gasteiger partial charge in [0.15, 0.2) is 12.2 Å². The van der Waals surface area contributed by atoms with Gasteiger partial charge in [0, 0.05) is 30.6 Å². The zero-order chi connectivity index (χ0) is 20.9. The number of likely N-dealkylation sites (tertiary alicyclic amines) is 1. The lowest BCUT2D eigenvalue weighted by molar-refractivity contribution is -0.138. The van der Waals surface area contributed by atoms with Crippen LogP contribution in [0.15, 0.2) is 58.0 Å². The Morgan fingerprint density at radius 3 is 3.00 bits per heavy atom. The van der Waals surface area contributed by atoms with Gasteiger partial charge in [-0.25, -0.2) is 4.98 Å². The average molecular weight is 408 g/mol. The molecule has 2 aromatic rings. The van der Waals surface area contributed by atoms with E-state index in [9.17, 15) is 9.59 Å². The maximum absolute atomic E-state index is 12.8. The van der Waals surface area contributed by atoms with Crippen LogP contribution < -0.4 is 5.32 Å². The van der Waals surface area contributed by atoms with Crippen molar-refractivity contribution in [3.05, 3.63) is 66.3 Å². The number of hydrogen-bond donors (Lipinski definition) is 1. The molecule has 8 heteroatoms. The lowest BCUT2D eigenvalue weighted by Crippen LogP contribution is -2.47. The number of allylic oxidation sites excluding steroid dienone is 4. The van der Waals surface area contributed by atoms with Crippen molar-refractivity contribution in [1.29, 1.82) is 0 Å². The number of nitrogens with zero attached hydrogens (tertiary/aromatic N) is 3. The Bertz CT molecular complexity index is 987. The van der Waals surface area contributed by atoms with Crippen molar-refractivity contribution < 1.29 is 18.5 Å². The molecule has 2 atom stereocenters. The summed E-state index contributed by atoms with van der Waals surface area (Å²) in [5.74, 6) is 1.03. The van der Waals surface area contributed by atoms with Gasteiger partial charge in [-0.3, -0.25) is 9.59 Å². The lowest BCUT2D eigenvalue weighted by Gasteiger charge is -2.24. The van der Waals surface area contributed by atoms with Crippen molar-refractivity contribution >= 4 is 17.4 Å². The number of hydrogen-bond acceptors (Lipinski definition) is 6. The summed E-state index contributed by atoms with van der Waals surface area (Å²) >= 11 is 0. The van der Waals surface area contributed by atoms with E-state index in [0.29, 0.717) is 31.0 Å². The van der Waals surface area contributed by atoms with Crippen LogP contribution in [0.4, 0.5) is 0 Å². The van der Waals surface area contributed by atoms with Crippen LogP contribution in [0.2, 0.25) is 0 Å². The second kappa shape index (κ2) is 8.94. The van der Waals surface area contributed by atoms with Crippen molar-refractivity contribution in [1.82, 2.24) is 20.4 Å². The summed E-state index contributed by atoms with van der Waals surface area (Å²) in [5.41, 5.74) is 1.66. The molecule has 0 saturated carbocycles. The van der Waals surface area contributed by atoms with Crippen LogP contribution in [0, 0.1) is 12.8 Å². The van der Waals surface area contributed by atoms with Crippen LogP contribution in [0.1, 0.15) is 30.1 Å². The lowest BCUT2D eigenvalue weighted by atomic mass is 10.1. The van der Waals surface area contributed by atoms with E-state index < -0.39 is 6.04 Å². The quantitative estimate of drug-likeness (QED) is 0.788. The number of oxazole rings is 1. The van der Waals surface area contributed by atoms with E-state index >= 15 is 0 Å². The van der Waals surface area contributed by atoms with Gasteiger partial charge in [0.1, 0.15) is 11.8 Å². The van der Waals surface area contributed by atoms with Crippen molar-refractivity contribution in [3.63, 3.8) is 0 Å². The summed E-state index contributed by atoms with van der Waals surface area (Å²) in [5, 5.41) is 6.80. The number of nitrogens with one attached hydrogen (secondary N) is 1. The summed E-state index contributed by atoms with van der Waals surface area (Å²) in [6, 6.07) is 1.30. The van der Waals surface area contributed by atoms with Gasteiger partial charge < -0.3 is 19.2 Å². The maximum Gasteiger partial charge on any atom is 0.242 e. The Morgan fingerprint density at radius 2 is 2.23 bits per heavy atom. The third-order valence-corrected chi connectivity index (χ3v) is 5.26. The van der Waals surface area contributed by atoms with Crippen molar-refractivity contribution in [2.45, 2.75) is 32.2 Å². The first-order chi connectivity index (χ1) is 14.6. The van der Waals surface area contributed by atoms with Gasteiger partial charge in [-0.2, -0.15) is 0 Å². The SMILES string of the molecule is Cc1cc(CC(=O)N2CCCC2C(=O)NCC2C=CC=C(c3cnco3)C=C2)on1. The molecule has 4 rings (SSSR count). The number of carbonyl (C=O) groups is 2. The molecular formula is C22H24N4O4. The number of carbonyl (C=O) groups excluding carboxylic acids is 2. The summed E-state index contributed by atoms with van der Waals surface area (Å²) in [6.45, 7) is 2.85. The summed E-state index contributed by atoms with van der Waals surface area (Å²) in [7, 11) is 0. The molecular weight excluding hydrogens is 384 g/mol. The molecule has 1 saturated heterocycles. The van der Waals surface area contributed by atoms with Gasteiger partial charge in [0.05, 0.1) is 18.3 Å². The van der Waals surface area contributed by atoms with Gasteiger partial charge in [-0.1, -0.05) is 35.5 Å². The van der Waals surface area contributed by atoms with E-state index in [1.54, 1.807) is 17.2 Å². The molecule has 0 spiro atoms. The summed E-state index contributed by atoms with van der Waals surface area (Å²) in [4.78, 5) is 31.0. The highest BCUT2D eigenvalue weighted by molar-refractivity contribution is 5.88. The maximum atomic E-state index is 12.8. The van der Waals surface area contributed by atoms with Crippen LogP contribution in [0.5, 0.6) is 0 Å². The molecule has 0 radical (unpaired) electrons. The minimum Gasteiger partial charge on any atom is -0.444 e. The Hall–Kier alpha value is -3.42. The molecule has 8 nitrogen and oxygen atoms in total. The molecule has 1 fully saturated rings. The molecule has 2 aromatic heterocycles. The molecule has 2 unspecified atom stereocenters. The van der Waals surface area contributed by atoms with Crippen LogP contribution in [0.25, 0.3) is 5.57 Å². The fourth-order valence-electron chi connectivity index (χ4n) is 3.73. The minimum atomic E-state index is -0.442. The molecule has 156 valence electrons. The minimum absolute atomic E-state index is 0.0494. The van der Waals surface area contributed by atoms with Gasteiger partial charge >= 0.3 is 0 Å². The molecule has 1 N–H and O–H groups in total. The number of amides is 2. The van der Waals surface area contributed by atoms with E-state index in [4.69, 9.17) is 8.94 Å². The smallest absolute Gasteiger partial charge is 0.242 e. The highest BCUT2D eigenvalue weighted by atomic mass is 16.5. The number of aromatic nitrogens is 2. The molecule has 2 aliphatic rings. The van der Waals surface area contributed by atoms with Crippen LogP contribution in [-0.2, 0) is 16.0 Å². The summed E-state index contributed by atoms with van der Waals surface area (Å²) in [6.07, 6.45) is 14.5. The van der Waals surface area contributed by atoms with E-state index in [-0.39, 0.29) is 24.2 Å². The van der Waals surface area contributed by atoms with Gasteiger partial charge in [-0.15, -0.1) is 0 Å². The molecule has 2 amide bonds. The number of rotatable bonds is 6. The van der Waals surface area contributed by atoms with E-state index in [1.165, 1.54) is 6.39 Å². The predicted octanol–water partition coefficient (Wildman–Crippen LogP) is 2.45. The van der Waals surface area contributed by atoms with Crippen molar-refractivity contribution in [2.75, 3.05) is 13.1 Å². The zero-order valence-corrected chi connectivity index (χ0v) is 16.8. The second-order valence-corrected chi connectivity index (χ2v) is 7.50. The van der Waals surface area contributed by atoms with Crippen LogP contribution in [-0.4, -0.2) is 46.0 Å². The van der Waals surface area contributed by atoms with Gasteiger partial charge in [-0.05, 0) is 19.8 Å². The Labute approximate surface area is 174 Å². The Balaban J connectivity index is 1.31. The number of aryl methyl sites for hydroxylation is 1. The van der Waals surface area contributed by atoms with Gasteiger partial charge in [0.2, 0.25) is 11.8 Å². The van der Waals surface area contributed by atoms with Crippen molar-refractivity contribution in [2.24, 2.45) is 5.92 Å². The van der Waals surface area contributed by atoms with E-state index in [0.717, 1.165) is 17.7 Å². The third kappa shape index (κ3) is 4.59. The molecule has 1 aliphatic carbocycles. The van der Waals surface area contributed by atoms with Crippen molar-refractivity contribution in [3.8, 4) is 0 Å². The normalized spacial score (nSPS) is 20.8. The zero-order valence-electron chi connectivity index (χ0n) is 16.8. The largest absolute Gasteiger partial charge is 0.444 e. The van der Waals surface area contributed by atoms with E-state index in [2.05, 4.69) is 15.5 Å². The first kappa shape index (κ1) is 19.9. The monoisotopic (exact) mass is 408 g/mol.